The van der Waals surface area contributed by atoms with E-state index in [9.17, 15) is 9.59 Å². The molecule has 2 rings (SSSR count). The summed E-state index contributed by atoms with van der Waals surface area (Å²) in [6.45, 7) is 7.95. The molecule has 0 unspecified atom stereocenters. The van der Waals surface area contributed by atoms with E-state index in [0.717, 1.165) is 63.2 Å². The van der Waals surface area contributed by atoms with Crippen molar-refractivity contribution in [2.24, 2.45) is 0 Å². The zero-order chi connectivity index (χ0) is 21.1. The maximum Gasteiger partial charge on any atom is 0.224 e. The maximum atomic E-state index is 12.4. The van der Waals surface area contributed by atoms with Crippen LogP contribution in [0.2, 0.25) is 0 Å². The van der Waals surface area contributed by atoms with Crippen LogP contribution in [-0.2, 0) is 9.59 Å². The van der Waals surface area contributed by atoms with Gasteiger partial charge in [-0.3, -0.25) is 9.59 Å². The minimum Gasteiger partial charge on any atom is -0.381 e. The first-order valence-electron chi connectivity index (χ1n) is 11.1. The number of rotatable bonds is 11. The average molecular weight is 403 g/mol. The zero-order valence-electron chi connectivity index (χ0n) is 18.4. The Morgan fingerprint density at radius 1 is 1.03 bits per heavy atom. The summed E-state index contributed by atoms with van der Waals surface area (Å²) >= 11 is 0. The fourth-order valence-electron chi connectivity index (χ4n) is 3.76. The Hall–Kier alpha value is -2.08. The highest BCUT2D eigenvalue weighted by atomic mass is 16.2. The largest absolute Gasteiger partial charge is 0.381 e. The number of hydrogen-bond donors (Lipinski definition) is 2. The predicted octanol–water partition coefficient (Wildman–Crippen LogP) is 3.95. The fraction of sp³-hybridized carbons (Fsp3) is 0.652. The van der Waals surface area contributed by atoms with E-state index in [4.69, 9.17) is 0 Å². The van der Waals surface area contributed by atoms with Crippen LogP contribution in [0.1, 0.15) is 58.8 Å². The van der Waals surface area contributed by atoms with E-state index >= 15 is 0 Å². The third-order valence-electron chi connectivity index (χ3n) is 5.41. The van der Waals surface area contributed by atoms with Gasteiger partial charge >= 0.3 is 0 Å². The predicted molar refractivity (Wildman–Crippen MR) is 120 cm³/mol. The third-order valence-corrected chi connectivity index (χ3v) is 5.41. The molecule has 0 aliphatic carbocycles. The van der Waals surface area contributed by atoms with Crippen molar-refractivity contribution in [1.29, 1.82) is 0 Å². The molecule has 2 N–H and O–H groups in total. The Labute approximate surface area is 176 Å². The summed E-state index contributed by atoms with van der Waals surface area (Å²) in [5, 5.41) is 6.62. The van der Waals surface area contributed by atoms with E-state index < -0.39 is 0 Å². The van der Waals surface area contributed by atoms with Gasteiger partial charge in [-0.2, -0.15) is 0 Å². The summed E-state index contributed by atoms with van der Waals surface area (Å²) in [4.78, 5) is 29.0. The quantitative estimate of drug-likeness (QED) is 0.588. The van der Waals surface area contributed by atoms with Gasteiger partial charge in [-0.15, -0.1) is 0 Å². The minimum atomic E-state index is -0.0343. The number of piperidine rings is 1. The highest BCUT2D eigenvalue weighted by Gasteiger charge is 2.18. The number of nitrogens with zero attached hydrogens (tertiary/aromatic N) is 2. The van der Waals surface area contributed by atoms with E-state index in [1.54, 1.807) is 0 Å². The SMILES string of the molecule is CCCN(CCC)C(=O)CCCC(=O)Nc1ccccc1NC1CCN(C)CC1. The van der Waals surface area contributed by atoms with Crippen molar-refractivity contribution in [2.75, 3.05) is 43.9 Å². The molecule has 1 aromatic carbocycles. The first-order valence-corrected chi connectivity index (χ1v) is 11.1. The molecule has 6 nitrogen and oxygen atoms in total. The second kappa shape index (κ2) is 12.5. The van der Waals surface area contributed by atoms with E-state index in [-0.39, 0.29) is 11.8 Å². The molecule has 6 heteroatoms. The Kier molecular flexibility index (Phi) is 9.98. The number of hydrogen-bond acceptors (Lipinski definition) is 4. The lowest BCUT2D eigenvalue weighted by molar-refractivity contribution is -0.131. The number of anilines is 2. The van der Waals surface area contributed by atoms with Crippen LogP contribution in [0, 0.1) is 0 Å². The van der Waals surface area contributed by atoms with Gasteiger partial charge in [-0.05, 0) is 64.4 Å². The van der Waals surface area contributed by atoms with Crippen molar-refractivity contribution < 1.29 is 9.59 Å². The Morgan fingerprint density at radius 3 is 2.28 bits per heavy atom. The summed E-state index contributed by atoms with van der Waals surface area (Å²) in [5.74, 6) is 0.124. The van der Waals surface area contributed by atoms with Crippen molar-refractivity contribution in [3.05, 3.63) is 24.3 Å². The van der Waals surface area contributed by atoms with Gasteiger partial charge in [-0.25, -0.2) is 0 Å². The first kappa shape index (κ1) is 23.2. The van der Waals surface area contributed by atoms with Gasteiger partial charge in [0.15, 0.2) is 0 Å². The number of likely N-dealkylation sites (tertiary alicyclic amines) is 1. The van der Waals surface area contributed by atoms with Gasteiger partial charge < -0.3 is 20.4 Å². The fourth-order valence-corrected chi connectivity index (χ4v) is 3.76. The van der Waals surface area contributed by atoms with Crippen molar-refractivity contribution in [2.45, 2.75) is 64.8 Å². The number of carbonyl (C=O) groups excluding carboxylic acids is 2. The van der Waals surface area contributed by atoms with Gasteiger partial charge in [0.1, 0.15) is 0 Å². The summed E-state index contributed by atoms with van der Waals surface area (Å²) in [6, 6.07) is 8.31. The monoisotopic (exact) mass is 402 g/mol. The second-order valence-corrected chi connectivity index (χ2v) is 8.05. The van der Waals surface area contributed by atoms with Crippen LogP contribution in [0.25, 0.3) is 0 Å². The molecular weight excluding hydrogens is 364 g/mol. The molecule has 0 saturated carbocycles. The first-order chi connectivity index (χ1) is 14.0. The van der Waals surface area contributed by atoms with E-state index in [0.29, 0.717) is 25.3 Å². The van der Waals surface area contributed by atoms with Crippen molar-refractivity contribution in [3.8, 4) is 0 Å². The van der Waals surface area contributed by atoms with E-state index in [1.165, 1.54) is 0 Å². The van der Waals surface area contributed by atoms with Gasteiger partial charge in [0.2, 0.25) is 11.8 Å². The molecule has 0 spiro atoms. The summed E-state index contributed by atoms with van der Waals surface area (Å²) in [5.41, 5.74) is 1.80. The van der Waals surface area contributed by atoms with Crippen LogP contribution in [0.4, 0.5) is 11.4 Å². The number of carbonyl (C=O) groups is 2. The molecule has 1 saturated heterocycles. The standard InChI is InChI=1S/C23H38N4O2/c1-4-15-27(16-5-2)23(29)12-8-11-22(28)25-21-10-7-6-9-20(21)24-19-13-17-26(3)18-14-19/h6-7,9-10,19,24H,4-5,8,11-18H2,1-3H3,(H,25,28). The van der Waals surface area contributed by atoms with Gasteiger partial charge in [0.25, 0.3) is 0 Å². The summed E-state index contributed by atoms with van der Waals surface area (Å²) in [6.07, 6.45) is 5.52. The third kappa shape index (κ3) is 8.05. The number of amides is 2. The average Bonchev–Trinajstić information content (AvgIpc) is 2.71. The Bertz CT molecular complexity index is 636. The molecule has 1 aromatic rings. The number of para-hydroxylation sites is 2. The molecule has 0 atom stereocenters. The molecule has 0 radical (unpaired) electrons. The Morgan fingerprint density at radius 2 is 1.66 bits per heavy atom. The highest BCUT2D eigenvalue weighted by Crippen LogP contribution is 2.24. The normalized spacial score (nSPS) is 15.1. The van der Waals surface area contributed by atoms with Crippen LogP contribution in [0.15, 0.2) is 24.3 Å². The zero-order valence-corrected chi connectivity index (χ0v) is 18.4. The van der Waals surface area contributed by atoms with Crippen LogP contribution < -0.4 is 10.6 Å². The van der Waals surface area contributed by atoms with Crippen molar-refractivity contribution in [3.63, 3.8) is 0 Å². The molecule has 0 aromatic heterocycles. The smallest absolute Gasteiger partial charge is 0.224 e. The molecule has 1 heterocycles. The lowest BCUT2D eigenvalue weighted by Crippen LogP contribution is -2.36. The van der Waals surface area contributed by atoms with Crippen LogP contribution in [0.5, 0.6) is 0 Å². The number of benzene rings is 1. The van der Waals surface area contributed by atoms with Crippen LogP contribution >= 0.6 is 0 Å². The van der Waals surface area contributed by atoms with Crippen molar-refractivity contribution in [1.82, 2.24) is 9.80 Å². The molecule has 2 amide bonds. The molecule has 1 aliphatic heterocycles. The molecule has 1 aliphatic rings. The van der Waals surface area contributed by atoms with Crippen LogP contribution in [-0.4, -0.2) is 60.9 Å². The van der Waals surface area contributed by atoms with Gasteiger partial charge in [0, 0.05) is 32.0 Å². The minimum absolute atomic E-state index is 0.0343. The molecule has 0 bridgehead atoms. The molecule has 1 fully saturated rings. The summed E-state index contributed by atoms with van der Waals surface area (Å²) < 4.78 is 0. The van der Waals surface area contributed by atoms with Gasteiger partial charge in [-0.1, -0.05) is 26.0 Å². The second-order valence-electron chi connectivity index (χ2n) is 8.05. The van der Waals surface area contributed by atoms with Crippen LogP contribution in [0.3, 0.4) is 0 Å². The van der Waals surface area contributed by atoms with Crippen molar-refractivity contribution >= 4 is 23.2 Å². The Balaban J connectivity index is 1.80. The maximum absolute atomic E-state index is 12.4. The van der Waals surface area contributed by atoms with Gasteiger partial charge in [0.05, 0.1) is 11.4 Å². The molecule has 162 valence electrons. The molecule has 29 heavy (non-hydrogen) atoms. The lowest BCUT2D eigenvalue weighted by atomic mass is 10.0. The highest BCUT2D eigenvalue weighted by molar-refractivity contribution is 5.94. The lowest BCUT2D eigenvalue weighted by Gasteiger charge is -2.30. The topological polar surface area (TPSA) is 64.7 Å². The summed E-state index contributed by atoms with van der Waals surface area (Å²) in [7, 11) is 2.15. The van der Waals surface area contributed by atoms with E-state index in [1.807, 2.05) is 29.2 Å². The molecular formula is C23H38N4O2. The number of nitrogens with one attached hydrogen (secondary N) is 2. The van der Waals surface area contributed by atoms with E-state index in [2.05, 4.69) is 36.4 Å².